The Morgan fingerprint density at radius 3 is 2.50 bits per heavy atom. The Morgan fingerprint density at radius 2 is 1.89 bits per heavy atom. The molecule has 1 saturated heterocycles. The lowest BCUT2D eigenvalue weighted by Gasteiger charge is -2.26. The molecule has 3 aliphatic rings. The third-order valence-corrected chi connectivity index (χ3v) is 6.57. The molecule has 1 aliphatic heterocycles. The topological polar surface area (TPSA) is 30.9 Å². The minimum atomic E-state index is -4.12. The first-order valence-electron chi connectivity index (χ1n) is 10.7. The van der Waals surface area contributed by atoms with Crippen molar-refractivity contribution in [2.24, 2.45) is 22.7 Å². The van der Waals surface area contributed by atoms with Gasteiger partial charge in [0.05, 0.1) is 6.54 Å². The van der Waals surface area contributed by atoms with E-state index in [9.17, 15) is 13.2 Å². The monoisotopic (exact) mass is 516 g/mol. The molecule has 0 bridgehead atoms. The fourth-order valence-electron chi connectivity index (χ4n) is 5.03. The quantitative estimate of drug-likeness (QED) is 0.324. The van der Waals surface area contributed by atoms with Crippen LogP contribution in [0.5, 0.6) is 0 Å². The van der Waals surface area contributed by atoms with Crippen molar-refractivity contribution in [2.75, 3.05) is 39.8 Å². The highest BCUT2D eigenvalue weighted by molar-refractivity contribution is 14.0. The molecule has 0 radical (unpaired) electrons. The highest BCUT2D eigenvalue weighted by Crippen LogP contribution is 2.44. The molecule has 3 unspecified atom stereocenters. The third kappa shape index (κ3) is 6.92. The van der Waals surface area contributed by atoms with Crippen LogP contribution in [-0.2, 0) is 0 Å². The molecule has 3 fully saturated rings. The van der Waals surface area contributed by atoms with Crippen molar-refractivity contribution in [3.05, 3.63) is 0 Å². The predicted octanol–water partition coefficient (Wildman–Crippen LogP) is 4.35. The Kier molecular flexibility index (Phi) is 9.16. The summed E-state index contributed by atoms with van der Waals surface area (Å²) >= 11 is 0. The van der Waals surface area contributed by atoms with Gasteiger partial charge in [0.25, 0.3) is 0 Å². The highest BCUT2D eigenvalue weighted by atomic mass is 127. The van der Waals surface area contributed by atoms with Crippen LogP contribution in [0.15, 0.2) is 4.99 Å². The summed E-state index contributed by atoms with van der Waals surface area (Å²) in [7, 11) is 1.82. The summed E-state index contributed by atoms with van der Waals surface area (Å²) in [5.74, 6) is 2.89. The lowest BCUT2D eigenvalue weighted by atomic mass is 9.85. The van der Waals surface area contributed by atoms with Gasteiger partial charge in [0, 0.05) is 32.7 Å². The second-order valence-electron chi connectivity index (χ2n) is 8.64. The van der Waals surface area contributed by atoms with Crippen LogP contribution in [0.25, 0.3) is 0 Å². The molecule has 1 heterocycles. The molecule has 0 amide bonds. The van der Waals surface area contributed by atoms with Gasteiger partial charge in [-0.3, -0.25) is 9.89 Å². The van der Waals surface area contributed by atoms with Gasteiger partial charge in [0.1, 0.15) is 0 Å². The van der Waals surface area contributed by atoms with Crippen LogP contribution >= 0.6 is 24.0 Å². The third-order valence-electron chi connectivity index (χ3n) is 6.57. The van der Waals surface area contributed by atoms with Gasteiger partial charge in [-0.1, -0.05) is 39.0 Å². The molecule has 4 nitrogen and oxygen atoms in total. The van der Waals surface area contributed by atoms with Crippen molar-refractivity contribution in [2.45, 2.75) is 64.1 Å². The maximum Gasteiger partial charge on any atom is 0.401 e. The highest BCUT2D eigenvalue weighted by Gasteiger charge is 2.44. The summed E-state index contributed by atoms with van der Waals surface area (Å²) in [6.45, 7) is 3.63. The van der Waals surface area contributed by atoms with Crippen molar-refractivity contribution in [1.29, 1.82) is 0 Å². The maximum atomic E-state index is 12.7. The fourth-order valence-corrected chi connectivity index (χ4v) is 5.03. The molecule has 0 aromatic carbocycles. The van der Waals surface area contributed by atoms with E-state index in [0.717, 1.165) is 37.3 Å². The number of aliphatic imine (C=N–C) groups is 1. The van der Waals surface area contributed by atoms with Crippen molar-refractivity contribution in [1.82, 2.24) is 15.1 Å². The second-order valence-corrected chi connectivity index (χ2v) is 8.64. The Bertz CT molecular complexity index is 508. The fraction of sp³-hybridized carbons (Fsp3) is 0.950. The first kappa shape index (κ1) is 24.0. The van der Waals surface area contributed by atoms with Crippen LogP contribution in [0.4, 0.5) is 13.2 Å². The second kappa shape index (κ2) is 10.7. The molecule has 8 heteroatoms. The average molecular weight is 516 g/mol. The number of guanidine groups is 1. The number of nitrogens with zero attached hydrogens (tertiary/aromatic N) is 3. The van der Waals surface area contributed by atoms with Crippen LogP contribution in [0, 0.1) is 17.8 Å². The number of hydrogen-bond donors (Lipinski definition) is 1. The summed E-state index contributed by atoms with van der Waals surface area (Å²) in [5.41, 5.74) is 0. The molecular weight excluding hydrogens is 480 g/mol. The lowest BCUT2D eigenvalue weighted by molar-refractivity contribution is -0.146. The van der Waals surface area contributed by atoms with E-state index >= 15 is 0 Å². The number of rotatable bonds is 6. The van der Waals surface area contributed by atoms with Gasteiger partial charge in [-0.2, -0.15) is 13.2 Å². The Balaban J connectivity index is 0.00000280. The summed E-state index contributed by atoms with van der Waals surface area (Å²) in [4.78, 5) is 8.22. The van der Waals surface area contributed by atoms with Crippen LogP contribution in [-0.4, -0.2) is 67.7 Å². The van der Waals surface area contributed by atoms with E-state index in [-0.39, 0.29) is 29.9 Å². The smallest absolute Gasteiger partial charge is 0.353 e. The first-order chi connectivity index (χ1) is 12.9. The number of alkyl halides is 3. The van der Waals surface area contributed by atoms with E-state index in [4.69, 9.17) is 0 Å². The SMILES string of the molecule is CCN(CC1CCN(C(=NC)NC2CC2C2CCCCC2)C1)CC(F)(F)F.I. The number of nitrogens with one attached hydrogen (secondary N) is 1. The molecule has 3 rings (SSSR count). The zero-order chi connectivity index (χ0) is 19.4. The van der Waals surface area contributed by atoms with Crippen LogP contribution in [0.2, 0.25) is 0 Å². The van der Waals surface area contributed by atoms with Crippen LogP contribution in [0.3, 0.4) is 0 Å². The van der Waals surface area contributed by atoms with Crippen molar-refractivity contribution >= 4 is 29.9 Å². The molecule has 0 spiro atoms. The Hall–Kier alpha value is -0.250. The molecule has 28 heavy (non-hydrogen) atoms. The lowest BCUT2D eigenvalue weighted by Crippen LogP contribution is -2.43. The van der Waals surface area contributed by atoms with Gasteiger partial charge in [0.2, 0.25) is 0 Å². The van der Waals surface area contributed by atoms with Gasteiger partial charge < -0.3 is 10.2 Å². The van der Waals surface area contributed by atoms with Gasteiger partial charge in [0.15, 0.2) is 5.96 Å². The number of halogens is 4. The summed E-state index contributed by atoms with van der Waals surface area (Å²) < 4.78 is 38.1. The molecule has 164 valence electrons. The molecule has 3 atom stereocenters. The normalized spacial score (nSPS) is 29.1. The van der Waals surface area contributed by atoms with E-state index in [1.54, 1.807) is 6.92 Å². The minimum absolute atomic E-state index is 0. The number of likely N-dealkylation sites (tertiary alicyclic amines) is 1. The first-order valence-corrected chi connectivity index (χ1v) is 10.7. The van der Waals surface area contributed by atoms with Crippen molar-refractivity contribution in [3.8, 4) is 0 Å². The largest absolute Gasteiger partial charge is 0.401 e. The van der Waals surface area contributed by atoms with Crippen molar-refractivity contribution < 1.29 is 13.2 Å². The summed E-state index contributed by atoms with van der Waals surface area (Å²) in [6, 6.07) is 0.545. The zero-order valence-electron chi connectivity index (χ0n) is 17.2. The molecule has 2 saturated carbocycles. The summed E-state index contributed by atoms with van der Waals surface area (Å²) in [5, 5.41) is 3.64. The van der Waals surface area contributed by atoms with E-state index < -0.39 is 12.7 Å². The van der Waals surface area contributed by atoms with Gasteiger partial charge in [-0.25, -0.2) is 0 Å². The molecule has 0 aromatic rings. The Morgan fingerprint density at radius 1 is 1.18 bits per heavy atom. The van der Waals surface area contributed by atoms with Crippen LogP contribution in [0.1, 0.15) is 51.9 Å². The van der Waals surface area contributed by atoms with Gasteiger partial charge in [-0.15, -0.1) is 24.0 Å². The van der Waals surface area contributed by atoms with E-state index in [1.165, 1.54) is 43.4 Å². The van der Waals surface area contributed by atoms with E-state index in [1.807, 2.05) is 7.05 Å². The molecule has 2 aliphatic carbocycles. The molecule has 1 N–H and O–H groups in total. The van der Waals surface area contributed by atoms with Crippen molar-refractivity contribution in [3.63, 3.8) is 0 Å². The molecule has 0 aromatic heterocycles. The molecular formula is C20H36F3IN4. The zero-order valence-corrected chi connectivity index (χ0v) is 19.5. The van der Waals surface area contributed by atoms with E-state index in [2.05, 4.69) is 15.2 Å². The van der Waals surface area contributed by atoms with E-state index in [0.29, 0.717) is 19.1 Å². The number of hydrogen-bond acceptors (Lipinski definition) is 2. The predicted molar refractivity (Wildman–Crippen MR) is 118 cm³/mol. The van der Waals surface area contributed by atoms with Gasteiger partial charge in [-0.05, 0) is 37.1 Å². The average Bonchev–Trinajstić information content (AvgIpc) is 3.27. The maximum absolute atomic E-state index is 12.7. The van der Waals surface area contributed by atoms with Crippen LogP contribution < -0.4 is 5.32 Å². The standard InChI is InChI=1S/C20H35F3N4.HI/c1-3-26(14-20(21,22)23)12-15-9-10-27(13-15)19(24-2)25-18-11-17(18)16-7-5-4-6-8-16;/h15-18H,3-14H2,1-2H3,(H,24,25);1H. The minimum Gasteiger partial charge on any atom is -0.353 e. The van der Waals surface area contributed by atoms with Gasteiger partial charge >= 0.3 is 6.18 Å². The summed E-state index contributed by atoms with van der Waals surface area (Å²) in [6.07, 6.45) is 4.96. The Labute approximate surface area is 184 Å².